The number of anilines is 1. The number of methoxy groups -OCH3 is 3. The molecule has 39 heavy (non-hydrogen) atoms. The lowest BCUT2D eigenvalue weighted by Gasteiger charge is -2.45. The van der Waals surface area contributed by atoms with Crippen LogP contribution in [0.4, 0.5) is 5.69 Å². The third kappa shape index (κ3) is 10.2. The van der Waals surface area contributed by atoms with Gasteiger partial charge in [-0.05, 0) is 51.7 Å². The average Bonchev–Trinajstić information content (AvgIpc) is 2.88. The number of rotatable bonds is 14. The SMILES string of the molecule is COc1cc(N)c(OC)c(CC/C=C(/C)[C@@H]2OC(C)(C)O[C@@H](C/C=C/C=C/C=C/[C@@H](CC(=O)O)OC)[C@@H]2C)c1. The van der Waals surface area contributed by atoms with E-state index in [1.807, 2.05) is 38.1 Å². The summed E-state index contributed by atoms with van der Waals surface area (Å²) in [5.74, 6) is -0.0365. The minimum absolute atomic E-state index is 0.00555. The Hall–Kier alpha value is -3.07. The first-order valence-electron chi connectivity index (χ1n) is 13.3. The average molecular weight is 544 g/mol. The molecule has 4 atom stereocenters. The molecule has 1 aliphatic heterocycles. The smallest absolute Gasteiger partial charge is 0.306 e. The Balaban J connectivity index is 2.01. The lowest BCUT2D eigenvalue weighted by atomic mass is 9.88. The lowest BCUT2D eigenvalue weighted by molar-refractivity contribution is -0.310. The first-order valence-corrected chi connectivity index (χ1v) is 13.3. The predicted molar refractivity (Wildman–Crippen MR) is 154 cm³/mol. The van der Waals surface area contributed by atoms with Crippen molar-refractivity contribution in [1.82, 2.24) is 0 Å². The number of hydrogen-bond acceptors (Lipinski definition) is 7. The van der Waals surface area contributed by atoms with Crippen LogP contribution in [0.25, 0.3) is 0 Å². The van der Waals surface area contributed by atoms with Crippen LogP contribution in [0, 0.1) is 5.92 Å². The van der Waals surface area contributed by atoms with Gasteiger partial charge in [-0.15, -0.1) is 0 Å². The summed E-state index contributed by atoms with van der Waals surface area (Å²) < 4.78 is 28.6. The second-order valence-electron chi connectivity index (χ2n) is 10.2. The summed E-state index contributed by atoms with van der Waals surface area (Å²) in [7, 11) is 4.75. The highest BCUT2D eigenvalue weighted by molar-refractivity contribution is 5.67. The van der Waals surface area contributed by atoms with Crippen molar-refractivity contribution in [3.05, 3.63) is 65.8 Å². The van der Waals surface area contributed by atoms with Crippen molar-refractivity contribution in [3.8, 4) is 11.5 Å². The van der Waals surface area contributed by atoms with E-state index in [-0.39, 0.29) is 24.5 Å². The maximum absolute atomic E-state index is 10.8. The zero-order valence-electron chi connectivity index (χ0n) is 24.3. The van der Waals surface area contributed by atoms with Gasteiger partial charge in [-0.3, -0.25) is 4.79 Å². The van der Waals surface area contributed by atoms with Crippen LogP contribution >= 0.6 is 0 Å². The van der Waals surface area contributed by atoms with Crippen molar-refractivity contribution in [3.63, 3.8) is 0 Å². The van der Waals surface area contributed by atoms with Crippen LogP contribution in [0.15, 0.2) is 60.2 Å². The summed E-state index contributed by atoms with van der Waals surface area (Å²) in [6, 6.07) is 3.73. The molecule has 1 aromatic carbocycles. The van der Waals surface area contributed by atoms with Gasteiger partial charge in [0.2, 0.25) is 0 Å². The number of aryl methyl sites for hydroxylation is 1. The highest BCUT2D eigenvalue weighted by Crippen LogP contribution is 2.36. The molecule has 216 valence electrons. The highest BCUT2D eigenvalue weighted by Gasteiger charge is 2.40. The van der Waals surface area contributed by atoms with Gasteiger partial charge in [0.15, 0.2) is 5.79 Å². The second kappa shape index (κ2) is 15.5. The molecule has 8 heteroatoms. The lowest BCUT2D eigenvalue weighted by Crippen LogP contribution is -2.50. The van der Waals surface area contributed by atoms with Crippen LogP contribution in [0.5, 0.6) is 11.5 Å². The van der Waals surface area contributed by atoms with Gasteiger partial charge >= 0.3 is 5.97 Å². The molecule has 0 spiro atoms. The molecule has 0 aliphatic carbocycles. The van der Waals surface area contributed by atoms with E-state index >= 15 is 0 Å². The number of carboxylic acid groups (broad SMARTS) is 1. The van der Waals surface area contributed by atoms with E-state index in [1.165, 1.54) is 12.7 Å². The second-order valence-corrected chi connectivity index (χ2v) is 10.2. The van der Waals surface area contributed by atoms with Gasteiger partial charge in [-0.25, -0.2) is 0 Å². The maximum Gasteiger partial charge on any atom is 0.306 e. The summed E-state index contributed by atoms with van der Waals surface area (Å²) in [6.45, 7) is 8.18. The summed E-state index contributed by atoms with van der Waals surface area (Å²) in [6.07, 6.45) is 15.3. The van der Waals surface area contributed by atoms with Crippen LogP contribution in [0.2, 0.25) is 0 Å². The molecule has 1 aliphatic rings. The van der Waals surface area contributed by atoms with Crippen molar-refractivity contribution >= 4 is 11.7 Å². The number of ether oxygens (including phenoxy) is 5. The number of aliphatic carboxylic acids is 1. The minimum Gasteiger partial charge on any atom is -0.497 e. The monoisotopic (exact) mass is 543 g/mol. The van der Waals surface area contributed by atoms with Gasteiger partial charge in [0, 0.05) is 24.7 Å². The van der Waals surface area contributed by atoms with Gasteiger partial charge in [0.05, 0.1) is 44.6 Å². The van der Waals surface area contributed by atoms with Gasteiger partial charge in [0.1, 0.15) is 11.5 Å². The quantitative estimate of drug-likeness (QED) is 0.170. The third-order valence-corrected chi connectivity index (χ3v) is 6.69. The van der Waals surface area contributed by atoms with E-state index in [1.54, 1.807) is 32.4 Å². The Kier molecular flexibility index (Phi) is 12.8. The van der Waals surface area contributed by atoms with Crippen molar-refractivity contribution in [2.75, 3.05) is 27.1 Å². The summed E-state index contributed by atoms with van der Waals surface area (Å²) in [4.78, 5) is 10.8. The van der Waals surface area contributed by atoms with E-state index in [0.29, 0.717) is 17.2 Å². The molecule has 0 amide bonds. The van der Waals surface area contributed by atoms with Crippen molar-refractivity contribution in [1.29, 1.82) is 0 Å². The van der Waals surface area contributed by atoms with Crippen molar-refractivity contribution in [2.45, 2.75) is 77.5 Å². The highest BCUT2D eigenvalue weighted by atomic mass is 16.7. The molecule has 1 saturated heterocycles. The number of carbonyl (C=O) groups is 1. The molecule has 8 nitrogen and oxygen atoms in total. The molecule has 0 aromatic heterocycles. The first kappa shape index (κ1) is 32.1. The van der Waals surface area contributed by atoms with Gasteiger partial charge in [0.25, 0.3) is 0 Å². The Bertz CT molecular complexity index is 1060. The normalized spacial score (nSPS) is 22.5. The van der Waals surface area contributed by atoms with Crippen LogP contribution in [0.3, 0.4) is 0 Å². The van der Waals surface area contributed by atoms with Gasteiger partial charge < -0.3 is 34.5 Å². The Morgan fingerprint density at radius 3 is 2.49 bits per heavy atom. The molecule has 0 bridgehead atoms. The van der Waals surface area contributed by atoms with E-state index in [9.17, 15) is 4.79 Å². The fourth-order valence-corrected chi connectivity index (χ4v) is 4.69. The topological polar surface area (TPSA) is 109 Å². The largest absolute Gasteiger partial charge is 0.497 e. The van der Waals surface area contributed by atoms with Crippen molar-refractivity contribution < 1.29 is 33.6 Å². The number of hydrogen-bond donors (Lipinski definition) is 2. The first-order chi connectivity index (χ1) is 18.5. The Morgan fingerprint density at radius 1 is 1.13 bits per heavy atom. The van der Waals surface area contributed by atoms with Crippen LogP contribution in [-0.2, 0) is 25.4 Å². The van der Waals surface area contributed by atoms with Gasteiger partial charge in [-0.2, -0.15) is 0 Å². The molecule has 0 radical (unpaired) electrons. The molecular formula is C31H45NO7. The summed E-state index contributed by atoms with van der Waals surface area (Å²) >= 11 is 0. The minimum atomic E-state index is -0.894. The summed E-state index contributed by atoms with van der Waals surface area (Å²) in [5, 5.41) is 8.88. The maximum atomic E-state index is 10.8. The zero-order valence-corrected chi connectivity index (χ0v) is 24.3. The molecular weight excluding hydrogens is 498 g/mol. The number of nitrogens with two attached hydrogens (primary N) is 1. The number of benzene rings is 1. The third-order valence-electron chi connectivity index (χ3n) is 6.69. The van der Waals surface area contributed by atoms with Crippen LogP contribution in [0.1, 0.15) is 52.5 Å². The number of allylic oxidation sites excluding steroid dienone is 5. The Labute approximate surface area is 233 Å². The molecule has 1 fully saturated rings. The summed E-state index contributed by atoms with van der Waals surface area (Å²) in [5.41, 5.74) is 8.87. The van der Waals surface area contributed by atoms with E-state index in [0.717, 1.165) is 24.8 Å². The van der Waals surface area contributed by atoms with Gasteiger partial charge in [-0.1, -0.05) is 49.5 Å². The van der Waals surface area contributed by atoms with Crippen LogP contribution in [-0.4, -0.2) is 56.5 Å². The van der Waals surface area contributed by atoms with Crippen molar-refractivity contribution in [2.24, 2.45) is 5.92 Å². The number of carboxylic acids is 1. The molecule has 0 saturated carbocycles. The molecule has 2 rings (SSSR count). The van der Waals surface area contributed by atoms with E-state index < -0.39 is 17.9 Å². The fourth-order valence-electron chi connectivity index (χ4n) is 4.69. The molecule has 0 unspecified atom stereocenters. The van der Waals surface area contributed by atoms with E-state index in [4.69, 9.17) is 34.5 Å². The van der Waals surface area contributed by atoms with E-state index in [2.05, 4.69) is 26.0 Å². The van der Waals surface area contributed by atoms with Crippen LogP contribution < -0.4 is 15.2 Å². The Morgan fingerprint density at radius 2 is 1.85 bits per heavy atom. The number of nitrogen functional groups attached to an aromatic ring is 1. The zero-order chi connectivity index (χ0) is 29.0. The standard InChI is InChI=1S/C31H45NO7/c1-21(14-13-15-23-18-25(36-6)19-26(32)30(23)37-7)29-22(2)27(38-31(3,4)39-29)17-12-10-8-9-11-16-24(35-5)20-28(33)34/h8-12,14,16,18-19,22,24,27,29H,13,15,17,20,32H2,1-7H3,(H,33,34)/b9-8+,12-10+,16-11+,21-14-/t22-,24-,27-,29-/m0/s1. The molecule has 3 N–H and O–H groups in total. The predicted octanol–water partition coefficient (Wildman–Crippen LogP) is 5.87. The molecule has 1 heterocycles. The fraction of sp³-hybridized carbons (Fsp3) is 0.516. The molecule has 1 aromatic rings.